The van der Waals surface area contributed by atoms with Crippen molar-refractivity contribution >= 4 is 5.97 Å². The van der Waals surface area contributed by atoms with E-state index in [9.17, 15) is 4.79 Å². The molecule has 0 aliphatic heterocycles. The lowest BCUT2D eigenvalue weighted by molar-refractivity contribution is -0.187. The largest absolute Gasteiger partial charge is 0.382 e. The average Bonchev–Trinajstić information content (AvgIpc) is 2.02. The number of hydrogen-bond donors (Lipinski definition) is 2. The summed E-state index contributed by atoms with van der Waals surface area (Å²) in [6, 6.07) is 0. The maximum absolute atomic E-state index is 11.0. The summed E-state index contributed by atoms with van der Waals surface area (Å²) in [5.41, 5.74) is 6.32. The lowest BCUT2D eigenvalue weighted by Gasteiger charge is -2.19. The quantitative estimate of drug-likeness (QED) is 0.614. The normalized spacial score (nSPS) is 11.8. The van der Waals surface area contributed by atoms with Gasteiger partial charge in [-0.3, -0.25) is 0 Å². The molecule has 0 spiro atoms. The molecule has 14 heavy (non-hydrogen) atoms. The highest BCUT2D eigenvalue weighted by atomic mass is 16.7. The number of aliphatic hydroxyl groups excluding tert-OH is 1. The second kappa shape index (κ2) is 6.39. The fourth-order valence-corrected chi connectivity index (χ4v) is 0.744. The van der Waals surface area contributed by atoms with Crippen molar-refractivity contribution in [3.8, 4) is 0 Å². The molecule has 5 nitrogen and oxygen atoms in total. The third-order valence-electron chi connectivity index (χ3n) is 1.30. The van der Waals surface area contributed by atoms with E-state index < -0.39 is 12.1 Å². The summed E-state index contributed by atoms with van der Waals surface area (Å²) in [5, 5.41) is 10.2. The third kappa shape index (κ3) is 5.55. The first kappa shape index (κ1) is 12.9. The van der Waals surface area contributed by atoms with Gasteiger partial charge in [0.1, 0.15) is 0 Å². The number of hydroxylamine groups is 2. The monoisotopic (exact) mass is 202 g/mol. The van der Waals surface area contributed by atoms with Crippen LogP contribution in [0.4, 0.5) is 0 Å². The van der Waals surface area contributed by atoms with Crippen molar-refractivity contribution in [3.63, 3.8) is 0 Å². The maximum atomic E-state index is 11.0. The van der Waals surface area contributed by atoms with Crippen LogP contribution in [0.5, 0.6) is 0 Å². The molecule has 0 fully saturated rings. The summed E-state index contributed by atoms with van der Waals surface area (Å²) in [6.45, 7) is 5.88. The Hall–Kier alpha value is -1.07. The van der Waals surface area contributed by atoms with Crippen LogP contribution in [0.1, 0.15) is 20.8 Å². The van der Waals surface area contributed by atoms with Crippen molar-refractivity contribution in [2.45, 2.75) is 26.9 Å². The molecule has 0 rings (SSSR count). The number of nitrogens with two attached hydrogens (primary N) is 1. The van der Waals surface area contributed by atoms with Gasteiger partial charge in [0.25, 0.3) is 0 Å². The van der Waals surface area contributed by atoms with Gasteiger partial charge in [-0.15, -0.1) is 0 Å². The second-order valence-corrected chi connectivity index (χ2v) is 3.22. The van der Waals surface area contributed by atoms with Crippen molar-refractivity contribution in [1.82, 2.24) is 5.06 Å². The number of rotatable bonds is 5. The predicted octanol–water partition coefficient (Wildman–Crippen LogP) is 0.00980. The van der Waals surface area contributed by atoms with Crippen LogP contribution in [0.3, 0.4) is 0 Å². The molecule has 0 aromatic heterocycles. The summed E-state index contributed by atoms with van der Waals surface area (Å²) < 4.78 is 0. The first-order valence-corrected chi connectivity index (χ1v) is 4.49. The van der Waals surface area contributed by atoms with E-state index in [1.165, 1.54) is 12.0 Å². The fourth-order valence-electron chi connectivity index (χ4n) is 0.744. The summed E-state index contributed by atoms with van der Waals surface area (Å²) in [7, 11) is 0. The topological polar surface area (TPSA) is 75.8 Å². The molecule has 0 bridgehead atoms. The zero-order chi connectivity index (χ0) is 11.1. The number of allylic oxidation sites excluding steroid dienone is 1. The van der Waals surface area contributed by atoms with Gasteiger partial charge in [0.05, 0.1) is 6.54 Å². The highest BCUT2D eigenvalue weighted by Gasteiger charge is 2.13. The molecule has 0 amide bonds. The molecule has 82 valence electrons. The van der Waals surface area contributed by atoms with Gasteiger partial charge in [0.15, 0.2) is 6.10 Å². The van der Waals surface area contributed by atoms with Crippen LogP contribution >= 0.6 is 0 Å². The Kier molecular flexibility index (Phi) is 5.91. The van der Waals surface area contributed by atoms with E-state index in [-0.39, 0.29) is 0 Å². The van der Waals surface area contributed by atoms with Crippen molar-refractivity contribution in [2.75, 3.05) is 13.1 Å². The van der Waals surface area contributed by atoms with Crippen LogP contribution in [0.2, 0.25) is 0 Å². The highest BCUT2D eigenvalue weighted by Crippen LogP contribution is 1.99. The van der Waals surface area contributed by atoms with Gasteiger partial charge in [-0.05, 0) is 20.8 Å². The summed E-state index contributed by atoms with van der Waals surface area (Å²) in [6.07, 6.45) is 0.536. The molecule has 3 N–H and O–H groups in total. The zero-order valence-corrected chi connectivity index (χ0v) is 8.86. The van der Waals surface area contributed by atoms with Gasteiger partial charge < -0.3 is 15.7 Å². The van der Waals surface area contributed by atoms with Crippen molar-refractivity contribution in [2.24, 2.45) is 5.73 Å². The van der Waals surface area contributed by atoms with Crippen molar-refractivity contribution in [1.29, 1.82) is 0 Å². The van der Waals surface area contributed by atoms with E-state index >= 15 is 0 Å². The number of carbonyl (C=O) groups excluding carboxylic acids is 1. The Morgan fingerprint density at radius 1 is 1.64 bits per heavy atom. The number of carbonyl (C=O) groups is 1. The van der Waals surface area contributed by atoms with Crippen LogP contribution in [0.15, 0.2) is 11.8 Å². The smallest absolute Gasteiger partial charge is 0.360 e. The Bertz CT molecular complexity index is 210. The van der Waals surface area contributed by atoms with E-state index in [0.29, 0.717) is 13.1 Å². The van der Waals surface area contributed by atoms with Crippen LogP contribution in [0, 0.1) is 0 Å². The van der Waals surface area contributed by atoms with Crippen molar-refractivity contribution < 1.29 is 14.7 Å². The highest BCUT2D eigenvalue weighted by molar-refractivity contribution is 5.73. The molecule has 0 aliphatic carbocycles. The van der Waals surface area contributed by atoms with Crippen LogP contribution in [0.25, 0.3) is 0 Å². The van der Waals surface area contributed by atoms with Gasteiger partial charge >= 0.3 is 5.97 Å². The van der Waals surface area contributed by atoms with Crippen molar-refractivity contribution in [3.05, 3.63) is 11.8 Å². The lowest BCUT2D eigenvalue weighted by Crippen LogP contribution is -2.32. The van der Waals surface area contributed by atoms with Gasteiger partial charge in [0, 0.05) is 12.7 Å². The minimum Gasteiger partial charge on any atom is -0.382 e. The van der Waals surface area contributed by atoms with E-state index in [1.54, 1.807) is 6.20 Å². The fraction of sp³-hybridized carbons (Fsp3) is 0.667. The average molecular weight is 202 g/mol. The molecule has 1 atom stereocenters. The lowest BCUT2D eigenvalue weighted by atomic mass is 10.4. The minimum atomic E-state index is -1.12. The Morgan fingerprint density at radius 2 is 2.21 bits per heavy atom. The standard InChI is InChI=1S/C9H18N2O3/c1-7(2)6-11(5-4-10)14-9(13)8(3)12/h6,8,12H,4-5,10H2,1-3H3. The second-order valence-electron chi connectivity index (χ2n) is 3.22. The Labute approximate surface area is 84.1 Å². The van der Waals surface area contributed by atoms with Gasteiger partial charge in [-0.25, -0.2) is 9.86 Å². The molecular formula is C9H18N2O3. The molecule has 0 aromatic rings. The first-order chi connectivity index (χ1) is 6.47. The predicted molar refractivity (Wildman–Crippen MR) is 53.0 cm³/mol. The first-order valence-electron chi connectivity index (χ1n) is 4.49. The summed E-state index contributed by atoms with van der Waals surface area (Å²) in [5.74, 6) is -0.684. The Balaban J connectivity index is 4.23. The molecular weight excluding hydrogens is 184 g/mol. The summed E-state index contributed by atoms with van der Waals surface area (Å²) >= 11 is 0. The molecule has 0 saturated carbocycles. The van der Waals surface area contributed by atoms with E-state index in [0.717, 1.165) is 5.57 Å². The number of hydrogen-bond acceptors (Lipinski definition) is 5. The number of nitrogens with zero attached hydrogens (tertiary/aromatic N) is 1. The maximum Gasteiger partial charge on any atom is 0.360 e. The minimum absolute atomic E-state index is 0.372. The molecule has 0 heterocycles. The van der Waals surface area contributed by atoms with Crippen LogP contribution in [-0.4, -0.2) is 35.3 Å². The summed E-state index contributed by atoms with van der Waals surface area (Å²) in [4.78, 5) is 15.9. The molecule has 0 aromatic carbocycles. The van der Waals surface area contributed by atoms with E-state index in [2.05, 4.69) is 0 Å². The SMILES string of the molecule is CC(C)=CN(CCN)OC(=O)C(C)O. The van der Waals surface area contributed by atoms with Crippen LogP contribution in [-0.2, 0) is 9.63 Å². The molecule has 1 unspecified atom stereocenters. The molecule has 0 aliphatic rings. The van der Waals surface area contributed by atoms with E-state index in [4.69, 9.17) is 15.7 Å². The third-order valence-corrected chi connectivity index (χ3v) is 1.30. The molecule has 5 heteroatoms. The van der Waals surface area contributed by atoms with Gasteiger partial charge in [-0.1, -0.05) is 5.57 Å². The van der Waals surface area contributed by atoms with Gasteiger partial charge in [-0.2, -0.15) is 0 Å². The van der Waals surface area contributed by atoms with E-state index in [1.807, 2.05) is 13.8 Å². The molecule has 0 saturated heterocycles. The Morgan fingerprint density at radius 3 is 2.57 bits per heavy atom. The zero-order valence-electron chi connectivity index (χ0n) is 8.86. The van der Waals surface area contributed by atoms with Gasteiger partial charge in [0.2, 0.25) is 0 Å². The molecule has 0 radical (unpaired) electrons. The number of aliphatic hydroxyl groups is 1. The van der Waals surface area contributed by atoms with Crippen LogP contribution < -0.4 is 5.73 Å².